The maximum absolute atomic E-state index is 11.1. The van der Waals surface area contributed by atoms with Gasteiger partial charge in [-0.15, -0.1) is 0 Å². The smallest absolute Gasteiger partial charge is 0.276 e. The van der Waals surface area contributed by atoms with E-state index in [1.54, 1.807) is 0 Å². The normalized spacial score (nSPS) is 11.4. The highest BCUT2D eigenvalue weighted by Crippen LogP contribution is 2.08. The number of hydrogen-bond acceptors (Lipinski definition) is 5. The molecule has 0 aromatic carbocycles. The lowest BCUT2D eigenvalue weighted by Crippen LogP contribution is -2.40. The quantitative estimate of drug-likeness (QED) is 0.522. The van der Waals surface area contributed by atoms with Crippen LogP contribution >= 0.6 is 0 Å². The molecule has 0 aliphatic heterocycles. The number of nitrogens with two attached hydrogens (primary N) is 2. The Hall–Kier alpha value is -1.56. The molecule has 1 heterocycles. The van der Waals surface area contributed by atoms with Gasteiger partial charge in [0.15, 0.2) is 5.82 Å². The number of nitrogen functional groups attached to an aromatic ring is 1. The van der Waals surface area contributed by atoms with Crippen LogP contribution < -0.4 is 22.3 Å². The van der Waals surface area contributed by atoms with Crippen LogP contribution in [0.5, 0.6) is 0 Å². The summed E-state index contributed by atoms with van der Waals surface area (Å²) in [5.41, 5.74) is 10.6. The molecule has 0 saturated carbocycles. The number of anilines is 2. The molecule has 0 saturated heterocycles. The number of H-pyrrole nitrogens is 1. The van der Waals surface area contributed by atoms with Gasteiger partial charge in [0, 0.05) is 12.1 Å². The lowest BCUT2D eigenvalue weighted by Gasteiger charge is -2.19. The number of hydrogen-bond donors (Lipinski definition) is 4. The SMILES string of the molecule is CC(C)(N)CNc1nc[nH]c(=O)c1N. The molecular formula is C8H15N5O. The van der Waals surface area contributed by atoms with Crippen LogP contribution in [-0.2, 0) is 0 Å². The van der Waals surface area contributed by atoms with Gasteiger partial charge in [0.25, 0.3) is 5.56 Å². The Balaban J connectivity index is 2.78. The van der Waals surface area contributed by atoms with Crippen LogP contribution in [0.15, 0.2) is 11.1 Å². The van der Waals surface area contributed by atoms with Crippen molar-refractivity contribution >= 4 is 11.5 Å². The number of rotatable bonds is 3. The highest BCUT2D eigenvalue weighted by atomic mass is 16.1. The Kier molecular flexibility index (Phi) is 2.76. The zero-order chi connectivity index (χ0) is 10.8. The molecule has 0 atom stereocenters. The molecule has 1 aromatic rings. The summed E-state index contributed by atoms with van der Waals surface area (Å²) in [7, 11) is 0. The average Bonchev–Trinajstić information content (AvgIpc) is 2.06. The molecule has 1 rings (SSSR count). The summed E-state index contributed by atoms with van der Waals surface area (Å²) in [6, 6.07) is 0. The van der Waals surface area contributed by atoms with Crippen molar-refractivity contribution in [2.24, 2.45) is 5.73 Å². The van der Waals surface area contributed by atoms with E-state index >= 15 is 0 Å². The molecule has 78 valence electrons. The van der Waals surface area contributed by atoms with Crippen LogP contribution in [-0.4, -0.2) is 22.1 Å². The first-order chi connectivity index (χ1) is 6.40. The van der Waals surface area contributed by atoms with Gasteiger partial charge in [0.05, 0.1) is 6.33 Å². The summed E-state index contributed by atoms with van der Waals surface area (Å²) < 4.78 is 0. The molecule has 0 amide bonds. The minimum Gasteiger partial charge on any atom is -0.391 e. The van der Waals surface area contributed by atoms with E-state index in [4.69, 9.17) is 11.5 Å². The van der Waals surface area contributed by atoms with E-state index in [1.165, 1.54) is 6.33 Å². The molecule has 14 heavy (non-hydrogen) atoms. The van der Waals surface area contributed by atoms with Crippen molar-refractivity contribution in [2.45, 2.75) is 19.4 Å². The molecule has 0 fully saturated rings. The van der Waals surface area contributed by atoms with Crippen molar-refractivity contribution in [3.63, 3.8) is 0 Å². The molecule has 6 heteroatoms. The lowest BCUT2D eigenvalue weighted by molar-refractivity contribution is 0.548. The minimum absolute atomic E-state index is 0.0803. The number of nitrogens with zero attached hydrogens (tertiary/aromatic N) is 1. The molecule has 0 radical (unpaired) electrons. The van der Waals surface area contributed by atoms with Gasteiger partial charge >= 0.3 is 0 Å². The van der Waals surface area contributed by atoms with Gasteiger partial charge in [-0.05, 0) is 13.8 Å². The monoisotopic (exact) mass is 197 g/mol. The van der Waals surface area contributed by atoms with Gasteiger partial charge in [0.2, 0.25) is 0 Å². The number of nitrogens with one attached hydrogen (secondary N) is 2. The molecule has 0 spiro atoms. The third-order valence-corrected chi connectivity index (χ3v) is 1.60. The van der Waals surface area contributed by atoms with Gasteiger partial charge < -0.3 is 21.8 Å². The fraction of sp³-hybridized carbons (Fsp3) is 0.500. The predicted molar refractivity (Wildman–Crippen MR) is 56.0 cm³/mol. The van der Waals surface area contributed by atoms with E-state index in [9.17, 15) is 4.79 Å². The van der Waals surface area contributed by atoms with Crippen LogP contribution in [0.3, 0.4) is 0 Å². The van der Waals surface area contributed by atoms with Crippen LogP contribution in [0.4, 0.5) is 11.5 Å². The van der Waals surface area contributed by atoms with Gasteiger partial charge in [-0.25, -0.2) is 4.98 Å². The molecule has 0 aliphatic carbocycles. The molecular weight excluding hydrogens is 182 g/mol. The van der Waals surface area contributed by atoms with E-state index in [1.807, 2.05) is 13.8 Å². The summed E-state index contributed by atoms with van der Waals surface area (Å²) in [6.07, 6.45) is 1.30. The molecule has 0 bridgehead atoms. The van der Waals surface area contributed by atoms with E-state index in [0.717, 1.165) is 0 Å². The zero-order valence-corrected chi connectivity index (χ0v) is 8.29. The second-order valence-corrected chi connectivity index (χ2v) is 3.84. The second kappa shape index (κ2) is 3.67. The maximum Gasteiger partial charge on any atom is 0.276 e. The number of aromatic amines is 1. The fourth-order valence-corrected chi connectivity index (χ4v) is 0.863. The Morgan fingerprint density at radius 1 is 1.64 bits per heavy atom. The third kappa shape index (κ3) is 2.74. The molecule has 6 N–H and O–H groups in total. The van der Waals surface area contributed by atoms with Gasteiger partial charge in [-0.1, -0.05) is 0 Å². The summed E-state index contributed by atoms with van der Waals surface area (Å²) in [6.45, 7) is 4.22. The first-order valence-electron chi connectivity index (χ1n) is 4.26. The van der Waals surface area contributed by atoms with E-state index < -0.39 is 0 Å². The number of aromatic nitrogens is 2. The van der Waals surface area contributed by atoms with Crippen molar-refractivity contribution in [2.75, 3.05) is 17.6 Å². The Bertz CT molecular complexity index is 365. The molecule has 0 aliphatic rings. The molecule has 6 nitrogen and oxygen atoms in total. The van der Waals surface area contributed by atoms with Gasteiger partial charge in [0.1, 0.15) is 5.69 Å². The van der Waals surface area contributed by atoms with Crippen molar-refractivity contribution in [1.82, 2.24) is 9.97 Å². The minimum atomic E-state index is -0.378. The standard InChI is InChI=1S/C8H15N5O/c1-8(2,10)3-11-6-5(9)7(14)13-4-12-6/h4H,3,9-10H2,1-2H3,(H2,11,12,13,14). The van der Waals surface area contributed by atoms with Crippen molar-refractivity contribution in [1.29, 1.82) is 0 Å². The van der Waals surface area contributed by atoms with Crippen molar-refractivity contribution in [3.8, 4) is 0 Å². The summed E-state index contributed by atoms with van der Waals surface area (Å²) in [4.78, 5) is 17.3. The largest absolute Gasteiger partial charge is 0.391 e. The Morgan fingerprint density at radius 2 is 2.29 bits per heavy atom. The van der Waals surface area contributed by atoms with Crippen LogP contribution in [0, 0.1) is 0 Å². The predicted octanol–water partition coefficient (Wildman–Crippen LogP) is -0.499. The van der Waals surface area contributed by atoms with E-state index in [-0.39, 0.29) is 16.8 Å². The maximum atomic E-state index is 11.1. The van der Waals surface area contributed by atoms with E-state index in [2.05, 4.69) is 15.3 Å². The van der Waals surface area contributed by atoms with E-state index in [0.29, 0.717) is 12.4 Å². The van der Waals surface area contributed by atoms with Crippen LogP contribution in [0.25, 0.3) is 0 Å². The highest BCUT2D eigenvalue weighted by molar-refractivity contribution is 5.58. The van der Waals surface area contributed by atoms with Crippen molar-refractivity contribution in [3.05, 3.63) is 16.7 Å². The van der Waals surface area contributed by atoms with Crippen LogP contribution in [0.1, 0.15) is 13.8 Å². The third-order valence-electron chi connectivity index (χ3n) is 1.60. The zero-order valence-electron chi connectivity index (χ0n) is 8.29. The summed E-state index contributed by atoms with van der Waals surface area (Å²) >= 11 is 0. The van der Waals surface area contributed by atoms with Crippen molar-refractivity contribution < 1.29 is 0 Å². The van der Waals surface area contributed by atoms with Gasteiger partial charge in [-0.2, -0.15) is 0 Å². The molecule has 0 unspecified atom stereocenters. The highest BCUT2D eigenvalue weighted by Gasteiger charge is 2.12. The average molecular weight is 197 g/mol. The Morgan fingerprint density at radius 3 is 2.86 bits per heavy atom. The topological polar surface area (TPSA) is 110 Å². The first kappa shape index (κ1) is 10.5. The Labute approximate surface area is 81.7 Å². The second-order valence-electron chi connectivity index (χ2n) is 3.84. The fourth-order valence-electron chi connectivity index (χ4n) is 0.863. The van der Waals surface area contributed by atoms with Crippen LogP contribution in [0.2, 0.25) is 0 Å². The first-order valence-corrected chi connectivity index (χ1v) is 4.26. The molecule has 1 aromatic heterocycles. The summed E-state index contributed by atoms with van der Waals surface area (Å²) in [5, 5.41) is 2.91. The van der Waals surface area contributed by atoms with Gasteiger partial charge in [-0.3, -0.25) is 4.79 Å². The summed E-state index contributed by atoms with van der Waals surface area (Å²) in [5.74, 6) is 0.368. The lowest BCUT2D eigenvalue weighted by atomic mass is 10.1.